The molecule has 116 valence electrons. The molecule has 0 unspecified atom stereocenters. The number of hydrogen-bond acceptors (Lipinski definition) is 4. The summed E-state index contributed by atoms with van der Waals surface area (Å²) in [6, 6.07) is 6.57. The van der Waals surface area contributed by atoms with Crippen LogP contribution in [0.15, 0.2) is 29.2 Å². The van der Waals surface area contributed by atoms with E-state index in [1.54, 1.807) is 12.1 Å². The van der Waals surface area contributed by atoms with E-state index < -0.39 is 10.0 Å². The summed E-state index contributed by atoms with van der Waals surface area (Å²) in [5.41, 5.74) is 0.729. The van der Waals surface area contributed by atoms with Gasteiger partial charge >= 0.3 is 0 Å². The van der Waals surface area contributed by atoms with Gasteiger partial charge in [0.2, 0.25) is 10.0 Å². The predicted octanol–water partition coefficient (Wildman–Crippen LogP) is 0.715. The van der Waals surface area contributed by atoms with Gasteiger partial charge in [0, 0.05) is 11.7 Å². The number of primary sulfonamides is 1. The summed E-state index contributed by atoms with van der Waals surface area (Å²) in [7, 11) is -1.55. The normalized spacial score (nSPS) is 17.4. The zero-order chi connectivity index (χ0) is 15.5. The number of nitrogens with zero attached hydrogens (tertiary/aromatic N) is 1. The van der Waals surface area contributed by atoms with Crippen LogP contribution in [-0.4, -0.2) is 44.6 Å². The molecule has 1 aromatic carbocycles. The van der Waals surface area contributed by atoms with Gasteiger partial charge in [-0.25, -0.2) is 13.6 Å². The summed E-state index contributed by atoms with van der Waals surface area (Å²) in [6.45, 7) is 2.12. The van der Waals surface area contributed by atoms with Crippen molar-refractivity contribution < 1.29 is 8.42 Å². The molecule has 1 heterocycles. The van der Waals surface area contributed by atoms with Crippen molar-refractivity contribution in [1.82, 2.24) is 10.2 Å². The molecule has 1 aromatic rings. The molecule has 1 saturated heterocycles. The topological polar surface area (TPSA) is 87.5 Å². The Morgan fingerprint density at radius 3 is 2.38 bits per heavy atom. The van der Waals surface area contributed by atoms with Crippen molar-refractivity contribution in [2.24, 2.45) is 5.14 Å². The van der Waals surface area contributed by atoms with Crippen molar-refractivity contribution in [3.63, 3.8) is 0 Å². The van der Waals surface area contributed by atoms with Crippen molar-refractivity contribution in [2.45, 2.75) is 23.8 Å². The number of nitrogens with two attached hydrogens (primary N) is 1. The first-order valence-electron chi connectivity index (χ1n) is 6.73. The highest BCUT2D eigenvalue weighted by Gasteiger charge is 2.17. The number of benzene rings is 1. The van der Waals surface area contributed by atoms with Crippen molar-refractivity contribution in [3.05, 3.63) is 24.3 Å². The molecule has 0 amide bonds. The van der Waals surface area contributed by atoms with Crippen molar-refractivity contribution in [1.29, 1.82) is 0 Å². The fourth-order valence-electron chi connectivity index (χ4n) is 2.23. The molecule has 2 rings (SSSR count). The Balaban J connectivity index is 1.88. The minimum atomic E-state index is -3.66. The molecule has 8 heteroatoms. The lowest BCUT2D eigenvalue weighted by molar-refractivity contribution is 0.247. The summed E-state index contributed by atoms with van der Waals surface area (Å²) < 4.78 is 22.3. The lowest BCUT2D eigenvalue weighted by Gasteiger charge is -2.30. The molecule has 0 bridgehead atoms. The zero-order valence-electron chi connectivity index (χ0n) is 11.9. The van der Waals surface area contributed by atoms with Crippen LogP contribution >= 0.6 is 12.2 Å². The molecule has 1 aliphatic heterocycles. The van der Waals surface area contributed by atoms with Crippen LogP contribution in [0.2, 0.25) is 0 Å². The van der Waals surface area contributed by atoms with E-state index in [4.69, 9.17) is 17.4 Å². The Kier molecular flexibility index (Phi) is 5.15. The number of nitrogens with one attached hydrogen (secondary N) is 2. The summed E-state index contributed by atoms with van der Waals surface area (Å²) in [6.07, 6.45) is 2.12. The van der Waals surface area contributed by atoms with Crippen LogP contribution in [-0.2, 0) is 10.0 Å². The standard InChI is InChI=1S/C13H20N4O2S2/c1-17-8-6-11(7-9-17)16-13(20)15-10-2-4-12(5-3-10)21(14,18)19/h2-5,11H,6-9H2,1H3,(H2,14,18,19)(H2,15,16,20). The lowest BCUT2D eigenvalue weighted by atomic mass is 10.1. The van der Waals surface area contributed by atoms with Gasteiger partial charge in [0.15, 0.2) is 5.11 Å². The molecule has 0 aliphatic carbocycles. The predicted molar refractivity (Wildman–Crippen MR) is 87.7 cm³/mol. The second-order valence-electron chi connectivity index (χ2n) is 5.25. The summed E-state index contributed by atoms with van der Waals surface area (Å²) >= 11 is 5.27. The average Bonchev–Trinajstić information content (AvgIpc) is 2.41. The second kappa shape index (κ2) is 6.69. The molecule has 0 spiro atoms. The van der Waals surface area contributed by atoms with Gasteiger partial charge in [-0.05, 0) is 69.5 Å². The molecule has 0 saturated carbocycles. The van der Waals surface area contributed by atoms with Crippen LogP contribution in [0, 0.1) is 0 Å². The third-order valence-electron chi connectivity index (χ3n) is 3.49. The largest absolute Gasteiger partial charge is 0.360 e. The lowest BCUT2D eigenvalue weighted by Crippen LogP contribution is -2.44. The minimum Gasteiger partial charge on any atom is -0.360 e. The number of hydrogen-bond donors (Lipinski definition) is 3. The van der Waals surface area contributed by atoms with Crippen molar-refractivity contribution in [2.75, 3.05) is 25.5 Å². The number of rotatable bonds is 3. The van der Waals surface area contributed by atoms with Crippen LogP contribution in [0.3, 0.4) is 0 Å². The Labute approximate surface area is 130 Å². The van der Waals surface area contributed by atoms with Gasteiger partial charge in [-0.2, -0.15) is 0 Å². The molecule has 4 N–H and O–H groups in total. The van der Waals surface area contributed by atoms with E-state index >= 15 is 0 Å². The zero-order valence-corrected chi connectivity index (χ0v) is 13.5. The van der Waals surface area contributed by atoms with Gasteiger partial charge < -0.3 is 15.5 Å². The Morgan fingerprint density at radius 2 is 1.86 bits per heavy atom. The fraction of sp³-hybridized carbons (Fsp3) is 0.462. The number of thiocarbonyl (C=S) groups is 1. The SMILES string of the molecule is CN1CCC(NC(=S)Nc2ccc(S(N)(=O)=O)cc2)CC1. The summed E-state index contributed by atoms with van der Waals surface area (Å²) in [5, 5.41) is 11.9. The molecule has 1 aliphatic rings. The van der Waals surface area contributed by atoms with E-state index in [0.29, 0.717) is 11.2 Å². The van der Waals surface area contributed by atoms with E-state index in [2.05, 4.69) is 22.6 Å². The molecular weight excluding hydrogens is 308 g/mol. The third kappa shape index (κ3) is 4.92. The van der Waals surface area contributed by atoms with E-state index in [1.165, 1.54) is 12.1 Å². The van der Waals surface area contributed by atoms with Gasteiger partial charge in [-0.15, -0.1) is 0 Å². The minimum absolute atomic E-state index is 0.0854. The van der Waals surface area contributed by atoms with E-state index in [0.717, 1.165) is 31.6 Å². The number of anilines is 1. The molecule has 0 aromatic heterocycles. The Morgan fingerprint density at radius 1 is 1.29 bits per heavy atom. The highest BCUT2D eigenvalue weighted by Crippen LogP contribution is 2.13. The second-order valence-corrected chi connectivity index (χ2v) is 7.22. The molecule has 1 fully saturated rings. The average molecular weight is 328 g/mol. The number of likely N-dealkylation sites (tertiary alicyclic amines) is 1. The van der Waals surface area contributed by atoms with E-state index in [9.17, 15) is 8.42 Å². The van der Waals surface area contributed by atoms with Crippen LogP contribution < -0.4 is 15.8 Å². The van der Waals surface area contributed by atoms with Crippen LogP contribution in [0.25, 0.3) is 0 Å². The summed E-state index contributed by atoms with van der Waals surface area (Å²) in [4.78, 5) is 2.38. The van der Waals surface area contributed by atoms with Crippen LogP contribution in [0.4, 0.5) is 5.69 Å². The highest BCUT2D eigenvalue weighted by molar-refractivity contribution is 7.89. The maximum absolute atomic E-state index is 11.2. The van der Waals surface area contributed by atoms with Gasteiger partial charge in [0.25, 0.3) is 0 Å². The monoisotopic (exact) mass is 328 g/mol. The van der Waals surface area contributed by atoms with E-state index in [-0.39, 0.29) is 4.90 Å². The maximum atomic E-state index is 11.2. The fourth-order valence-corrected chi connectivity index (χ4v) is 3.03. The van der Waals surface area contributed by atoms with Crippen molar-refractivity contribution >= 4 is 33.0 Å². The van der Waals surface area contributed by atoms with E-state index in [1.807, 2.05) is 0 Å². The first-order chi connectivity index (χ1) is 9.84. The number of piperidine rings is 1. The smallest absolute Gasteiger partial charge is 0.238 e. The molecular formula is C13H20N4O2S2. The van der Waals surface area contributed by atoms with Crippen LogP contribution in [0.5, 0.6) is 0 Å². The molecule has 0 radical (unpaired) electrons. The Bertz CT molecular complexity index is 593. The molecule has 0 atom stereocenters. The molecule has 21 heavy (non-hydrogen) atoms. The summed E-state index contributed by atoms with van der Waals surface area (Å²) in [5.74, 6) is 0. The van der Waals surface area contributed by atoms with Gasteiger partial charge in [-0.3, -0.25) is 0 Å². The van der Waals surface area contributed by atoms with Gasteiger partial charge in [-0.1, -0.05) is 0 Å². The Hall–Kier alpha value is -1.22. The third-order valence-corrected chi connectivity index (χ3v) is 4.64. The first kappa shape index (κ1) is 16.2. The van der Waals surface area contributed by atoms with Crippen molar-refractivity contribution in [3.8, 4) is 0 Å². The van der Waals surface area contributed by atoms with Gasteiger partial charge in [0.05, 0.1) is 4.90 Å². The van der Waals surface area contributed by atoms with Crippen LogP contribution in [0.1, 0.15) is 12.8 Å². The van der Waals surface area contributed by atoms with Gasteiger partial charge in [0.1, 0.15) is 0 Å². The number of sulfonamides is 1. The maximum Gasteiger partial charge on any atom is 0.238 e. The molecule has 6 nitrogen and oxygen atoms in total. The first-order valence-corrected chi connectivity index (χ1v) is 8.69. The quantitative estimate of drug-likeness (QED) is 0.709. The highest BCUT2D eigenvalue weighted by atomic mass is 32.2.